The molecule has 12 heteroatoms. The highest BCUT2D eigenvalue weighted by Gasteiger charge is 2.27. The van der Waals surface area contributed by atoms with Crippen molar-refractivity contribution >= 4 is 53.0 Å². The Balaban J connectivity index is 2.53. The molecule has 1 aromatic rings. The van der Waals surface area contributed by atoms with Gasteiger partial charge in [-0.2, -0.15) is 0 Å². The molecule has 0 radical (unpaired) electrons. The molecule has 0 aliphatic rings. The average molecular weight is 461 g/mol. The maximum atomic E-state index is 12.0. The Bertz CT molecular complexity index is 826. The van der Waals surface area contributed by atoms with Gasteiger partial charge < -0.3 is 15.2 Å². The molecule has 0 aliphatic carbocycles. The van der Waals surface area contributed by atoms with E-state index in [-0.39, 0.29) is 22.4 Å². The number of carboxylic acid groups (broad SMARTS) is 1. The topological polar surface area (TPSA) is 158 Å². The summed E-state index contributed by atoms with van der Waals surface area (Å²) in [6, 6.07) is 3.57. The van der Waals surface area contributed by atoms with Crippen LogP contribution in [0, 0.1) is 11.3 Å². The van der Waals surface area contributed by atoms with Gasteiger partial charge in [0, 0.05) is 10.0 Å². The fourth-order valence-electron chi connectivity index (χ4n) is 2.21. The normalized spacial score (nSPS) is 12.5. The largest absolute Gasteiger partial charge is 0.480 e. The molecule has 3 amide bonds. The highest BCUT2D eigenvalue weighted by atomic mass is 35.5. The number of halogens is 2. The predicted octanol–water partition coefficient (Wildman–Crippen LogP) is 1.93. The Morgan fingerprint density at radius 1 is 1.10 bits per heavy atom. The third kappa shape index (κ3) is 7.88. The first-order valence-electron chi connectivity index (χ1n) is 8.74. The zero-order valence-corrected chi connectivity index (χ0v) is 17.9. The number of hydrogen-bond donors (Lipinski definition) is 5. The van der Waals surface area contributed by atoms with Gasteiger partial charge in [-0.15, -0.1) is 0 Å². The monoisotopic (exact) mass is 460 g/mol. The van der Waals surface area contributed by atoms with Crippen molar-refractivity contribution < 1.29 is 29.0 Å². The van der Waals surface area contributed by atoms with Gasteiger partial charge in [0.25, 0.3) is 5.91 Å². The number of carbonyl (C=O) groups is 4. The van der Waals surface area contributed by atoms with Crippen LogP contribution in [0.1, 0.15) is 26.3 Å². The minimum absolute atomic E-state index is 0.234. The first-order valence-corrected chi connectivity index (χ1v) is 9.50. The Hall–Kier alpha value is -2.85. The number of rotatable bonds is 7. The molecule has 0 spiro atoms. The van der Waals surface area contributed by atoms with Crippen molar-refractivity contribution in [1.29, 1.82) is 5.41 Å². The lowest BCUT2D eigenvalue weighted by molar-refractivity contribution is -0.144. The number of carbonyl (C=O) groups excluding carboxylic acids is 3. The van der Waals surface area contributed by atoms with E-state index in [1.807, 2.05) is 5.32 Å². The lowest BCUT2D eigenvalue weighted by atomic mass is 10.0. The lowest BCUT2D eigenvalue weighted by Crippen LogP contribution is -2.50. The Morgan fingerprint density at radius 2 is 1.67 bits per heavy atom. The summed E-state index contributed by atoms with van der Waals surface area (Å²) >= 11 is 11.9. The van der Waals surface area contributed by atoms with Crippen LogP contribution in [0.15, 0.2) is 18.2 Å². The van der Waals surface area contributed by atoms with Crippen LogP contribution in [-0.2, 0) is 25.5 Å². The summed E-state index contributed by atoms with van der Waals surface area (Å²) in [7, 11) is 0. The highest BCUT2D eigenvalue weighted by Crippen LogP contribution is 2.24. The summed E-state index contributed by atoms with van der Waals surface area (Å²) < 4.78 is 4.79. The van der Waals surface area contributed by atoms with Gasteiger partial charge in [0.15, 0.2) is 6.10 Å². The van der Waals surface area contributed by atoms with Crippen molar-refractivity contribution in [3.63, 3.8) is 0 Å². The second-order valence-corrected chi connectivity index (χ2v) is 7.36. The van der Waals surface area contributed by atoms with Crippen molar-refractivity contribution in [3.05, 3.63) is 33.8 Å². The summed E-state index contributed by atoms with van der Waals surface area (Å²) in [5, 5.41) is 23.5. The van der Waals surface area contributed by atoms with Crippen molar-refractivity contribution in [2.24, 2.45) is 5.92 Å². The van der Waals surface area contributed by atoms with E-state index >= 15 is 0 Å². The zero-order chi connectivity index (χ0) is 23.0. The Morgan fingerprint density at radius 3 is 2.17 bits per heavy atom. The maximum absolute atomic E-state index is 12.0. The molecule has 0 unspecified atom stereocenters. The lowest BCUT2D eigenvalue weighted by Gasteiger charge is -2.20. The fourth-order valence-corrected chi connectivity index (χ4v) is 2.74. The van der Waals surface area contributed by atoms with Gasteiger partial charge in [-0.25, -0.2) is 9.59 Å². The van der Waals surface area contributed by atoms with Crippen LogP contribution >= 0.6 is 23.2 Å². The fraction of sp³-hybridized carbons (Fsp3) is 0.389. The number of alkyl carbamates (subject to hydrolysis) is 1. The second kappa shape index (κ2) is 11.4. The summed E-state index contributed by atoms with van der Waals surface area (Å²) in [5.74, 6) is -3.79. The SMILES string of the molecule is CC(C)[C@H](NC(=O)[C@H](C)OC(=O)NC(=N)NC(=O)Cc1c(Cl)cccc1Cl)C(=O)O. The molecule has 0 heterocycles. The minimum atomic E-state index is -1.34. The van der Waals surface area contributed by atoms with E-state index in [0.29, 0.717) is 5.56 Å². The van der Waals surface area contributed by atoms with Crippen molar-refractivity contribution in [2.45, 2.75) is 39.3 Å². The standard InChI is InChI=1S/C18H22Cl2N4O6/c1-8(2)14(16(27)28)23-15(26)9(3)30-18(29)24-17(21)22-13(25)7-10-11(19)5-4-6-12(10)20/h4-6,8-9,14H,7H2,1-3H3,(H,23,26)(H,27,28)(H3,21,22,24,25,29)/t9-,14-/m0/s1. The van der Waals surface area contributed by atoms with Crippen LogP contribution in [0.3, 0.4) is 0 Å². The number of hydrogen-bond acceptors (Lipinski definition) is 6. The Kier molecular flexibility index (Phi) is 9.54. The quantitative estimate of drug-likeness (QED) is 0.308. The van der Waals surface area contributed by atoms with E-state index in [4.69, 9.17) is 38.5 Å². The van der Waals surface area contributed by atoms with Crippen LogP contribution in [-0.4, -0.2) is 47.1 Å². The van der Waals surface area contributed by atoms with Crippen molar-refractivity contribution in [1.82, 2.24) is 16.0 Å². The minimum Gasteiger partial charge on any atom is -0.480 e. The number of guanidine groups is 1. The van der Waals surface area contributed by atoms with Gasteiger partial charge in [-0.05, 0) is 30.5 Å². The van der Waals surface area contributed by atoms with E-state index < -0.39 is 42.0 Å². The van der Waals surface area contributed by atoms with Crippen LogP contribution < -0.4 is 16.0 Å². The van der Waals surface area contributed by atoms with Gasteiger partial charge in [0.1, 0.15) is 6.04 Å². The van der Waals surface area contributed by atoms with E-state index in [9.17, 15) is 19.2 Å². The molecule has 0 aliphatic heterocycles. The summed E-state index contributed by atoms with van der Waals surface area (Å²) in [4.78, 5) is 46.9. The molecule has 0 saturated carbocycles. The third-order valence-corrected chi connectivity index (χ3v) is 4.48. The van der Waals surface area contributed by atoms with Gasteiger partial charge >= 0.3 is 12.1 Å². The highest BCUT2D eigenvalue weighted by molar-refractivity contribution is 6.36. The molecule has 0 bridgehead atoms. The molecule has 5 N–H and O–H groups in total. The number of aliphatic carboxylic acids is 1. The van der Waals surface area contributed by atoms with E-state index in [1.165, 1.54) is 6.92 Å². The second-order valence-electron chi connectivity index (χ2n) is 6.54. The average Bonchev–Trinajstić information content (AvgIpc) is 2.61. The molecule has 0 fully saturated rings. The molecule has 1 rings (SSSR count). The number of benzene rings is 1. The van der Waals surface area contributed by atoms with Gasteiger partial charge in [-0.3, -0.25) is 25.6 Å². The summed E-state index contributed by atoms with van der Waals surface area (Å²) in [6.45, 7) is 4.45. The molecule has 10 nitrogen and oxygen atoms in total. The van der Waals surface area contributed by atoms with Crippen molar-refractivity contribution in [3.8, 4) is 0 Å². The first kappa shape index (κ1) is 25.2. The molecular formula is C18H22Cl2N4O6. The van der Waals surface area contributed by atoms with Crippen LogP contribution in [0.25, 0.3) is 0 Å². The van der Waals surface area contributed by atoms with Gasteiger partial charge in [0.2, 0.25) is 11.9 Å². The molecule has 30 heavy (non-hydrogen) atoms. The molecule has 0 saturated heterocycles. The molecule has 164 valence electrons. The van der Waals surface area contributed by atoms with Crippen LogP contribution in [0.5, 0.6) is 0 Å². The summed E-state index contributed by atoms with van der Waals surface area (Å²) in [6.07, 6.45) is -2.76. The van der Waals surface area contributed by atoms with E-state index in [1.54, 1.807) is 32.0 Å². The van der Waals surface area contributed by atoms with Crippen molar-refractivity contribution in [2.75, 3.05) is 0 Å². The third-order valence-electron chi connectivity index (χ3n) is 3.77. The first-order chi connectivity index (χ1) is 13.9. The maximum Gasteiger partial charge on any atom is 0.414 e. The molecule has 2 atom stereocenters. The number of nitrogens with one attached hydrogen (secondary N) is 4. The molecular weight excluding hydrogens is 439 g/mol. The van der Waals surface area contributed by atoms with Crippen LogP contribution in [0.4, 0.5) is 4.79 Å². The summed E-state index contributed by atoms with van der Waals surface area (Å²) in [5.41, 5.74) is 0.358. The van der Waals surface area contributed by atoms with Crippen LogP contribution in [0.2, 0.25) is 10.0 Å². The van der Waals surface area contributed by atoms with Gasteiger partial charge in [0.05, 0.1) is 6.42 Å². The number of ether oxygens (including phenoxy) is 1. The number of carboxylic acids is 1. The number of amides is 3. The predicted molar refractivity (Wildman–Crippen MR) is 110 cm³/mol. The smallest absolute Gasteiger partial charge is 0.414 e. The van der Waals surface area contributed by atoms with Gasteiger partial charge in [-0.1, -0.05) is 43.1 Å². The van der Waals surface area contributed by atoms with E-state index in [0.717, 1.165) is 0 Å². The Labute approximate surface area is 182 Å². The zero-order valence-electron chi connectivity index (χ0n) is 16.4. The molecule has 1 aromatic carbocycles. The van der Waals surface area contributed by atoms with E-state index in [2.05, 4.69) is 10.6 Å². The molecule has 0 aromatic heterocycles.